The summed E-state index contributed by atoms with van der Waals surface area (Å²) in [5, 5.41) is 24.2. The van der Waals surface area contributed by atoms with Gasteiger partial charge in [-0.25, -0.2) is 9.78 Å². The van der Waals surface area contributed by atoms with Crippen LogP contribution in [0.4, 0.5) is 24.8 Å². The van der Waals surface area contributed by atoms with Gasteiger partial charge in [0.2, 0.25) is 11.7 Å². The number of hydrogen-bond acceptors (Lipinski definition) is 6. The lowest BCUT2D eigenvalue weighted by atomic mass is 10.0. The summed E-state index contributed by atoms with van der Waals surface area (Å²) in [5.41, 5.74) is -2.32. The molecule has 0 bridgehead atoms. The number of aromatic hydroxyl groups is 1. The number of carbonyl (C=O) groups is 2. The average Bonchev–Trinajstić information content (AvgIpc) is 2.75. The van der Waals surface area contributed by atoms with Crippen molar-refractivity contribution < 1.29 is 33.0 Å². The summed E-state index contributed by atoms with van der Waals surface area (Å²) in [5.74, 6) is -3.83. The number of nitrogens with zero attached hydrogens (tertiary/aromatic N) is 1. The van der Waals surface area contributed by atoms with Crippen LogP contribution in [0.3, 0.4) is 0 Å². The van der Waals surface area contributed by atoms with Crippen molar-refractivity contribution in [1.82, 2.24) is 9.97 Å². The highest BCUT2D eigenvalue weighted by Crippen LogP contribution is 2.29. The Hall–Kier alpha value is -4.35. The zero-order valence-electron chi connectivity index (χ0n) is 16.7. The summed E-state index contributed by atoms with van der Waals surface area (Å²) in [7, 11) is 0. The summed E-state index contributed by atoms with van der Waals surface area (Å²) >= 11 is 0. The summed E-state index contributed by atoms with van der Waals surface area (Å²) in [4.78, 5) is 42.0. The van der Waals surface area contributed by atoms with Crippen LogP contribution in [0, 0.1) is 0 Å². The van der Waals surface area contributed by atoms with Crippen LogP contribution < -0.4 is 16.2 Å². The molecule has 0 saturated carbocycles. The molecule has 0 aliphatic heterocycles. The number of para-hydroxylation sites is 1. The van der Waals surface area contributed by atoms with E-state index in [-0.39, 0.29) is 5.56 Å². The van der Waals surface area contributed by atoms with E-state index in [4.69, 9.17) is 0 Å². The number of rotatable bonds is 7. The fourth-order valence-electron chi connectivity index (χ4n) is 2.88. The van der Waals surface area contributed by atoms with Gasteiger partial charge in [0.05, 0.1) is 5.56 Å². The molecule has 0 fully saturated rings. The molecule has 0 saturated heterocycles. The Balaban J connectivity index is 1.85. The zero-order chi connectivity index (χ0) is 24.2. The normalized spacial score (nSPS) is 12.1. The van der Waals surface area contributed by atoms with Crippen LogP contribution in [0.1, 0.15) is 21.6 Å². The summed E-state index contributed by atoms with van der Waals surface area (Å²) in [6, 6.07) is 10.7. The molecule has 0 aliphatic carbocycles. The van der Waals surface area contributed by atoms with Crippen molar-refractivity contribution in [3.05, 3.63) is 81.8 Å². The largest absolute Gasteiger partial charge is 0.501 e. The van der Waals surface area contributed by atoms with E-state index in [2.05, 4.69) is 20.6 Å². The highest BCUT2D eigenvalue weighted by Gasteiger charge is 2.31. The highest BCUT2D eigenvalue weighted by atomic mass is 19.4. The third kappa shape index (κ3) is 5.87. The number of benzene rings is 2. The van der Waals surface area contributed by atoms with E-state index in [0.29, 0.717) is 5.69 Å². The van der Waals surface area contributed by atoms with Gasteiger partial charge >= 0.3 is 12.1 Å². The van der Waals surface area contributed by atoms with E-state index < -0.39 is 59.0 Å². The van der Waals surface area contributed by atoms with Gasteiger partial charge in [0.25, 0.3) is 11.5 Å². The molecule has 0 unspecified atom stereocenters. The topological polar surface area (TPSA) is 144 Å². The van der Waals surface area contributed by atoms with Gasteiger partial charge in [-0.2, -0.15) is 13.2 Å². The maximum absolute atomic E-state index is 12.9. The Morgan fingerprint density at radius 3 is 2.42 bits per heavy atom. The molecule has 0 radical (unpaired) electrons. The van der Waals surface area contributed by atoms with Gasteiger partial charge in [0, 0.05) is 12.1 Å². The van der Waals surface area contributed by atoms with Crippen LogP contribution >= 0.6 is 0 Å². The van der Waals surface area contributed by atoms with Gasteiger partial charge < -0.3 is 20.8 Å². The number of alkyl halides is 3. The standard InChI is InChI=1S/C21H17F3N4O5/c22-21(23,24)12-6-4-5-11(9-12)10-14(19(32)33)26-20-27-15(16(29)18(31)28-20)17(30)25-13-7-2-1-3-8-13/h1-9,14,29H,10H2,(H,25,30)(H,32,33)(H2,26,27,28,31)/t14-/m0/s1. The van der Waals surface area contributed by atoms with Crippen molar-refractivity contribution in [2.45, 2.75) is 18.6 Å². The Morgan fingerprint density at radius 2 is 1.79 bits per heavy atom. The lowest BCUT2D eigenvalue weighted by molar-refractivity contribution is -0.138. The number of carbonyl (C=O) groups excluding carboxylic acids is 1. The van der Waals surface area contributed by atoms with Crippen molar-refractivity contribution in [3.8, 4) is 5.75 Å². The molecule has 0 spiro atoms. The maximum Gasteiger partial charge on any atom is 0.416 e. The number of aromatic amines is 1. The second-order valence-electron chi connectivity index (χ2n) is 6.87. The van der Waals surface area contributed by atoms with E-state index in [1.54, 1.807) is 30.3 Å². The first-order valence-electron chi connectivity index (χ1n) is 9.39. The third-order valence-corrected chi connectivity index (χ3v) is 4.44. The third-order valence-electron chi connectivity index (χ3n) is 4.44. The zero-order valence-corrected chi connectivity index (χ0v) is 16.7. The lowest BCUT2D eigenvalue weighted by Crippen LogP contribution is -2.33. The molecule has 3 rings (SSSR count). The number of H-pyrrole nitrogens is 1. The van der Waals surface area contributed by atoms with Gasteiger partial charge in [0.1, 0.15) is 6.04 Å². The van der Waals surface area contributed by atoms with E-state index >= 15 is 0 Å². The van der Waals surface area contributed by atoms with E-state index in [9.17, 15) is 37.8 Å². The molecule has 1 aromatic heterocycles. The Kier molecular flexibility index (Phi) is 6.66. The van der Waals surface area contributed by atoms with E-state index in [0.717, 1.165) is 18.2 Å². The lowest BCUT2D eigenvalue weighted by Gasteiger charge is -2.16. The number of halogens is 3. The first-order chi connectivity index (χ1) is 15.5. The fourth-order valence-corrected chi connectivity index (χ4v) is 2.88. The predicted molar refractivity (Wildman–Crippen MR) is 111 cm³/mol. The molecule has 5 N–H and O–H groups in total. The molecule has 0 aliphatic rings. The van der Waals surface area contributed by atoms with Gasteiger partial charge in [0.15, 0.2) is 5.69 Å². The van der Waals surface area contributed by atoms with Crippen molar-refractivity contribution in [3.63, 3.8) is 0 Å². The van der Waals surface area contributed by atoms with Crippen LogP contribution in [0.2, 0.25) is 0 Å². The highest BCUT2D eigenvalue weighted by molar-refractivity contribution is 6.04. The Morgan fingerprint density at radius 1 is 1.09 bits per heavy atom. The molecule has 33 heavy (non-hydrogen) atoms. The molecule has 2 aromatic carbocycles. The number of carboxylic acids is 1. The van der Waals surface area contributed by atoms with Crippen molar-refractivity contribution in [1.29, 1.82) is 0 Å². The second-order valence-corrected chi connectivity index (χ2v) is 6.87. The number of aliphatic carboxylic acids is 1. The van der Waals surface area contributed by atoms with Gasteiger partial charge in [-0.1, -0.05) is 36.4 Å². The SMILES string of the molecule is O=C(Nc1ccccc1)c1nc(N[C@@H](Cc2cccc(C(F)(F)F)c2)C(=O)O)[nH]c(=O)c1O. The van der Waals surface area contributed by atoms with Crippen LogP contribution in [0.5, 0.6) is 5.75 Å². The van der Waals surface area contributed by atoms with Crippen LogP contribution in [0.25, 0.3) is 0 Å². The molecule has 172 valence electrons. The number of carboxylic acid groups (broad SMARTS) is 1. The molecule has 1 amide bonds. The molecule has 3 aromatic rings. The molecular weight excluding hydrogens is 445 g/mol. The first kappa shape index (κ1) is 23.3. The molecule has 9 nitrogen and oxygen atoms in total. The molecule has 12 heteroatoms. The number of amides is 1. The quantitative estimate of drug-likeness (QED) is 0.363. The van der Waals surface area contributed by atoms with Crippen molar-refractivity contribution >= 4 is 23.5 Å². The second kappa shape index (κ2) is 9.42. The number of hydrogen-bond donors (Lipinski definition) is 5. The molecular formula is C21H17F3N4O5. The van der Waals surface area contributed by atoms with Gasteiger partial charge in [-0.05, 0) is 23.8 Å². The minimum absolute atomic E-state index is 0.0629. The first-order valence-corrected chi connectivity index (χ1v) is 9.39. The Bertz CT molecular complexity index is 1230. The fraction of sp³-hybridized carbons (Fsp3) is 0.143. The van der Waals surface area contributed by atoms with E-state index in [1.165, 1.54) is 6.07 Å². The van der Waals surface area contributed by atoms with Crippen molar-refractivity contribution in [2.24, 2.45) is 0 Å². The minimum Gasteiger partial charge on any atom is -0.501 e. The average molecular weight is 462 g/mol. The van der Waals surface area contributed by atoms with Gasteiger partial charge in [-0.3, -0.25) is 14.6 Å². The van der Waals surface area contributed by atoms with E-state index in [1.807, 2.05) is 0 Å². The molecule has 1 atom stereocenters. The molecule has 1 heterocycles. The number of anilines is 2. The Labute approximate surface area is 183 Å². The van der Waals surface area contributed by atoms with Crippen LogP contribution in [0.15, 0.2) is 59.4 Å². The predicted octanol–water partition coefficient (Wildman–Crippen LogP) is 2.85. The summed E-state index contributed by atoms with van der Waals surface area (Å²) in [6.07, 6.45) is -5.00. The number of aromatic nitrogens is 2. The maximum atomic E-state index is 12.9. The number of nitrogens with one attached hydrogen (secondary N) is 3. The van der Waals surface area contributed by atoms with Crippen molar-refractivity contribution in [2.75, 3.05) is 10.6 Å². The smallest absolute Gasteiger partial charge is 0.416 e. The van der Waals surface area contributed by atoms with Crippen LogP contribution in [-0.2, 0) is 17.4 Å². The minimum atomic E-state index is -4.60. The van der Waals surface area contributed by atoms with Gasteiger partial charge in [-0.15, -0.1) is 0 Å². The summed E-state index contributed by atoms with van der Waals surface area (Å²) in [6.45, 7) is 0. The summed E-state index contributed by atoms with van der Waals surface area (Å²) < 4.78 is 38.8. The van der Waals surface area contributed by atoms with Crippen LogP contribution in [-0.4, -0.2) is 38.1 Å². The monoisotopic (exact) mass is 462 g/mol.